The van der Waals surface area contributed by atoms with Gasteiger partial charge in [0.25, 0.3) is 0 Å². The molecule has 10 nitrogen and oxygen atoms in total. The molecule has 4 aliphatic rings. The number of hydrogen-bond donors (Lipinski definition) is 3. The summed E-state index contributed by atoms with van der Waals surface area (Å²) in [7, 11) is 2.27. The molecule has 40 heavy (non-hydrogen) atoms. The lowest BCUT2D eigenvalue weighted by Gasteiger charge is -2.63. The lowest BCUT2D eigenvalue weighted by molar-refractivity contribution is -0.137. The number of para-hydroxylation sites is 1. The number of benzene rings is 1. The van der Waals surface area contributed by atoms with Crippen molar-refractivity contribution in [3.63, 3.8) is 0 Å². The summed E-state index contributed by atoms with van der Waals surface area (Å²) in [6.07, 6.45) is 6.08. The van der Waals surface area contributed by atoms with Crippen molar-refractivity contribution in [1.29, 1.82) is 0 Å². The van der Waals surface area contributed by atoms with E-state index in [1.165, 1.54) is 38.8 Å². The molecule has 0 bridgehead atoms. The van der Waals surface area contributed by atoms with Crippen LogP contribution < -0.4 is 10.2 Å². The fourth-order valence-electron chi connectivity index (χ4n) is 7.24. The van der Waals surface area contributed by atoms with E-state index in [0.29, 0.717) is 28.8 Å². The van der Waals surface area contributed by atoms with Crippen molar-refractivity contribution >= 4 is 17.5 Å². The fraction of sp³-hybridized carbons (Fsp3) is 0.633. The molecule has 1 aromatic carbocycles. The van der Waals surface area contributed by atoms with Gasteiger partial charge in [-0.15, -0.1) is 10.2 Å². The molecule has 3 aliphatic heterocycles. The zero-order valence-corrected chi connectivity index (χ0v) is 23.6. The van der Waals surface area contributed by atoms with Crippen molar-refractivity contribution in [2.75, 3.05) is 76.2 Å². The van der Waals surface area contributed by atoms with Gasteiger partial charge in [-0.3, -0.25) is 9.69 Å². The lowest BCUT2D eigenvalue weighted by Crippen LogP contribution is -2.68. The molecule has 2 saturated heterocycles. The first-order valence-corrected chi connectivity index (χ1v) is 14.9. The highest BCUT2D eigenvalue weighted by molar-refractivity contribution is 5.75. The second-order valence-corrected chi connectivity index (χ2v) is 12.4. The molecule has 0 unspecified atom stereocenters. The Labute approximate surface area is 237 Å². The standard InChI is InChI=1S/C30H43N7O3/c1-34(15-16-36-14-10-31-29-26(36)17-25(32-33-29)24-5-2-3-6-27(24)38)23-18-30(19-23)20-37(21-30)22-8-12-35(13-9-22)11-4-7-28(39)40/h2-3,5-6,17,22-23,38H,4,7-16,18-21H2,1H3,(H,31,33)(H,39,40). The maximum absolute atomic E-state index is 10.8. The smallest absolute Gasteiger partial charge is 0.303 e. The zero-order chi connectivity index (χ0) is 27.7. The maximum Gasteiger partial charge on any atom is 0.303 e. The van der Waals surface area contributed by atoms with E-state index in [0.717, 1.165) is 63.7 Å². The van der Waals surface area contributed by atoms with Crippen molar-refractivity contribution in [3.05, 3.63) is 30.3 Å². The van der Waals surface area contributed by atoms with Crippen molar-refractivity contribution in [3.8, 4) is 17.0 Å². The first-order chi connectivity index (χ1) is 19.4. The highest BCUT2D eigenvalue weighted by atomic mass is 16.4. The van der Waals surface area contributed by atoms with E-state index in [9.17, 15) is 9.90 Å². The third-order valence-electron chi connectivity index (χ3n) is 9.67. The number of carboxylic acid groups (broad SMARTS) is 1. The van der Waals surface area contributed by atoms with Crippen molar-refractivity contribution < 1.29 is 15.0 Å². The Balaban J connectivity index is 0.946. The van der Waals surface area contributed by atoms with Crippen LogP contribution in [0.25, 0.3) is 11.3 Å². The Morgan fingerprint density at radius 3 is 2.65 bits per heavy atom. The van der Waals surface area contributed by atoms with Crippen LogP contribution in [-0.4, -0.2) is 119 Å². The van der Waals surface area contributed by atoms with Gasteiger partial charge >= 0.3 is 5.97 Å². The fourth-order valence-corrected chi connectivity index (χ4v) is 7.24. The molecule has 2 aromatic rings. The zero-order valence-electron chi connectivity index (χ0n) is 23.6. The van der Waals surface area contributed by atoms with Crippen molar-refractivity contribution in [2.45, 2.75) is 50.6 Å². The topological polar surface area (TPSA) is 108 Å². The number of hydrogen-bond acceptors (Lipinski definition) is 9. The first-order valence-electron chi connectivity index (χ1n) is 14.9. The van der Waals surface area contributed by atoms with Crippen molar-refractivity contribution in [1.82, 2.24) is 24.9 Å². The van der Waals surface area contributed by atoms with E-state index < -0.39 is 5.97 Å². The third-order valence-corrected chi connectivity index (χ3v) is 9.67. The van der Waals surface area contributed by atoms with Crippen LogP contribution in [-0.2, 0) is 4.79 Å². The second-order valence-electron chi connectivity index (χ2n) is 12.4. The van der Waals surface area contributed by atoms with Crippen LogP contribution in [0.5, 0.6) is 5.75 Å². The molecule has 4 heterocycles. The van der Waals surface area contributed by atoms with Gasteiger partial charge < -0.3 is 30.2 Å². The number of phenols is 1. The van der Waals surface area contributed by atoms with E-state index in [1.807, 2.05) is 24.3 Å². The molecule has 0 radical (unpaired) electrons. The molecule has 0 atom stereocenters. The number of phenolic OH excluding ortho intramolecular Hbond substituents is 1. The molecule has 0 amide bonds. The average molecular weight is 550 g/mol. The number of aliphatic carboxylic acids is 1. The summed E-state index contributed by atoms with van der Waals surface area (Å²) in [6, 6.07) is 10.7. The molecule has 3 N–H and O–H groups in total. The van der Waals surface area contributed by atoms with E-state index in [-0.39, 0.29) is 12.2 Å². The summed E-state index contributed by atoms with van der Waals surface area (Å²) in [4.78, 5) is 20.9. The molecule has 1 saturated carbocycles. The molecular formula is C30H43N7O3. The summed E-state index contributed by atoms with van der Waals surface area (Å²) in [5.41, 5.74) is 2.98. The molecule has 1 aromatic heterocycles. The predicted molar refractivity (Wildman–Crippen MR) is 156 cm³/mol. The van der Waals surface area contributed by atoms with Crippen LogP contribution in [0, 0.1) is 5.41 Å². The van der Waals surface area contributed by atoms with E-state index in [2.05, 4.69) is 42.2 Å². The number of likely N-dealkylation sites (N-methyl/N-ethyl adjacent to an activating group) is 1. The van der Waals surface area contributed by atoms with E-state index >= 15 is 0 Å². The minimum atomic E-state index is -0.687. The molecule has 1 aliphatic carbocycles. The number of carbonyl (C=O) groups is 1. The Morgan fingerprint density at radius 1 is 1.12 bits per heavy atom. The number of nitrogens with zero attached hydrogens (tertiary/aromatic N) is 6. The quantitative estimate of drug-likeness (QED) is 0.409. The minimum Gasteiger partial charge on any atom is -0.507 e. The minimum absolute atomic E-state index is 0.221. The van der Waals surface area contributed by atoms with Crippen LogP contribution in [0.15, 0.2) is 30.3 Å². The van der Waals surface area contributed by atoms with E-state index in [4.69, 9.17) is 5.11 Å². The van der Waals surface area contributed by atoms with Gasteiger partial charge in [0, 0.05) is 63.3 Å². The Kier molecular flexibility index (Phi) is 7.83. The number of carboxylic acids is 1. The number of nitrogens with one attached hydrogen (secondary N) is 1. The van der Waals surface area contributed by atoms with E-state index in [1.54, 1.807) is 6.07 Å². The number of fused-ring (bicyclic) bond motifs is 1. The number of aromatic nitrogens is 2. The number of likely N-dealkylation sites (tertiary alicyclic amines) is 2. The number of aromatic hydroxyl groups is 1. The molecule has 10 heteroatoms. The van der Waals surface area contributed by atoms with Gasteiger partial charge in [-0.25, -0.2) is 0 Å². The summed E-state index contributed by atoms with van der Waals surface area (Å²) in [5.74, 6) is 0.351. The van der Waals surface area contributed by atoms with Gasteiger partial charge in [0.2, 0.25) is 0 Å². The Hall–Kier alpha value is -2.95. The maximum atomic E-state index is 10.8. The van der Waals surface area contributed by atoms with Gasteiger partial charge in [-0.05, 0) is 82.4 Å². The van der Waals surface area contributed by atoms with Gasteiger partial charge in [-0.2, -0.15) is 0 Å². The summed E-state index contributed by atoms with van der Waals surface area (Å²) < 4.78 is 0. The molecule has 6 rings (SSSR count). The molecule has 3 fully saturated rings. The highest BCUT2D eigenvalue weighted by Gasteiger charge is 2.54. The molecule has 216 valence electrons. The van der Waals surface area contributed by atoms with Gasteiger partial charge in [0.05, 0.1) is 11.4 Å². The van der Waals surface area contributed by atoms with Gasteiger partial charge in [-0.1, -0.05) is 12.1 Å². The molecule has 1 spiro atoms. The monoisotopic (exact) mass is 549 g/mol. The molecular weight excluding hydrogens is 506 g/mol. The summed E-state index contributed by atoms with van der Waals surface area (Å²) in [6.45, 7) is 9.36. The van der Waals surface area contributed by atoms with Crippen LogP contribution in [0.1, 0.15) is 38.5 Å². The van der Waals surface area contributed by atoms with Crippen LogP contribution in [0.3, 0.4) is 0 Å². The Morgan fingerprint density at radius 2 is 1.90 bits per heavy atom. The van der Waals surface area contributed by atoms with Gasteiger partial charge in [0.15, 0.2) is 5.82 Å². The van der Waals surface area contributed by atoms with Crippen LogP contribution in [0.4, 0.5) is 11.5 Å². The SMILES string of the molecule is CN(CCN1CCNc2nnc(-c3ccccc3O)cc21)C1CC2(C1)CN(C1CCN(CCCC(=O)O)CC1)C2. The summed E-state index contributed by atoms with van der Waals surface area (Å²) >= 11 is 0. The number of anilines is 2. The third kappa shape index (κ3) is 5.75. The largest absolute Gasteiger partial charge is 0.507 e. The number of piperidine rings is 1. The number of rotatable bonds is 10. The first kappa shape index (κ1) is 27.2. The van der Waals surface area contributed by atoms with Crippen LogP contribution in [0.2, 0.25) is 0 Å². The average Bonchev–Trinajstić information content (AvgIpc) is 2.91. The summed E-state index contributed by atoms with van der Waals surface area (Å²) in [5, 5.41) is 31.3. The Bertz CT molecular complexity index is 1190. The highest BCUT2D eigenvalue weighted by Crippen LogP contribution is 2.51. The van der Waals surface area contributed by atoms with Gasteiger partial charge in [0.1, 0.15) is 5.75 Å². The second kappa shape index (κ2) is 11.5. The van der Waals surface area contributed by atoms with Crippen LogP contribution >= 0.6 is 0 Å². The predicted octanol–water partition coefficient (Wildman–Crippen LogP) is 2.81. The lowest BCUT2D eigenvalue weighted by atomic mass is 9.59. The van der Waals surface area contributed by atoms with Crippen molar-refractivity contribution in [2.24, 2.45) is 5.41 Å². The normalized spacial score (nSPS) is 21.6.